The molecule has 0 saturated heterocycles. The molecule has 1 atom stereocenters. The van der Waals surface area contributed by atoms with Crippen LogP contribution in [0.5, 0.6) is 0 Å². The lowest BCUT2D eigenvalue weighted by atomic mass is 10.1. The summed E-state index contributed by atoms with van der Waals surface area (Å²) in [7, 11) is 0. The van der Waals surface area contributed by atoms with E-state index in [9.17, 15) is 9.59 Å². The van der Waals surface area contributed by atoms with Crippen molar-refractivity contribution in [2.75, 3.05) is 5.32 Å². The maximum atomic E-state index is 12.0. The first-order valence-corrected chi connectivity index (χ1v) is 6.35. The standard InChI is InChI=1S/C15H15N3O3.ClH/c16-13(9-10-5-7-17-8-6-10)14(19)18-12-3-1-11(2-4-12)15(20)21;/h1-8,13H,9,16H2,(H,18,19)(H,20,21);1H. The maximum absolute atomic E-state index is 12.0. The van der Waals surface area contributed by atoms with Crippen molar-refractivity contribution in [3.8, 4) is 0 Å². The number of carboxylic acid groups (broad SMARTS) is 1. The minimum Gasteiger partial charge on any atom is -0.478 e. The molecule has 0 fully saturated rings. The number of aromatic carboxylic acids is 1. The number of carbonyl (C=O) groups excluding carboxylic acids is 1. The second kappa shape index (κ2) is 8.11. The average molecular weight is 322 g/mol. The summed E-state index contributed by atoms with van der Waals surface area (Å²) in [4.78, 5) is 26.6. The SMILES string of the molecule is Cl.NC(Cc1ccncc1)C(=O)Nc1ccc(C(=O)O)cc1. The van der Waals surface area contributed by atoms with Crippen LogP contribution in [0, 0.1) is 0 Å². The zero-order chi connectivity index (χ0) is 15.2. The highest BCUT2D eigenvalue weighted by atomic mass is 35.5. The van der Waals surface area contributed by atoms with Gasteiger partial charge in [0.05, 0.1) is 11.6 Å². The number of anilines is 1. The quantitative estimate of drug-likeness (QED) is 0.777. The highest BCUT2D eigenvalue weighted by molar-refractivity contribution is 5.95. The molecule has 0 spiro atoms. The zero-order valence-electron chi connectivity index (χ0n) is 11.6. The molecule has 2 aromatic rings. The Bertz CT molecular complexity index is 632. The lowest BCUT2D eigenvalue weighted by molar-refractivity contribution is -0.117. The monoisotopic (exact) mass is 321 g/mol. The van der Waals surface area contributed by atoms with Crippen LogP contribution in [0.4, 0.5) is 5.69 Å². The molecule has 0 aliphatic heterocycles. The highest BCUT2D eigenvalue weighted by Gasteiger charge is 2.14. The molecule has 22 heavy (non-hydrogen) atoms. The van der Waals surface area contributed by atoms with Gasteiger partial charge in [0, 0.05) is 18.1 Å². The summed E-state index contributed by atoms with van der Waals surface area (Å²) in [6.45, 7) is 0. The molecular formula is C15H16ClN3O3. The van der Waals surface area contributed by atoms with Crippen molar-refractivity contribution in [3.63, 3.8) is 0 Å². The lowest BCUT2D eigenvalue weighted by Crippen LogP contribution is -2.37. The number of halogens is 1. The van der Waals surface area contributed by atoms with Crippen molar-refractivity contribution in [2.45, 2.75) is 12.5 Å². The molecule has 6 nitrogen and oxygen atoms in total. The van der Waals surface area contributed by atoms with Gasteiger partial charge in [0.15, 0.2) is 0 Å². The maximum Gasteiger partial charge on any atom is 0.335 e. The van der Waals surface area contributed by atoms with Crippen LogP contribution in [0.3, 0.4) is 0 Å². The number of nitrogens with zero attached hydrogens (tertiary/aromatic N) is 1. The molecule has 7 heteroatoms. The Morgan fingerprint density at radius 1 is 1.14 bits per heavy atom. The first-order chi connectivity index (χ1) is 10.1. The predicted molar refractivity (Wildman–Crippen MR) is 85.2 cm³/mol. The Balaban J connectivity index is 0.00000242. The van der Waals surface area contributed by atoms with Crippen molar-refractivity contribution in [1.82, 2.24) is 4.98 Å². The van der Waals surface area contributed by atoms with E-state index in [1.54, 1.807) is 24.5 Å². The Morgan fingerprint density at radius 2 is 1.73 bits per heavy atom. The fourth-order valence-corrected chi connectivity index (χ4v) is 1.80. The van der Waals surface area contributed by atoms with E-state index in [1.807, 2.05) is 0 Å². The lowest BCUT2D eigenvalue weighted by Gasteiger charge is -2.12. The van der Waals surface area contributed by atoms with Crippen LogP contribution in [0.15, 0.2) is 48.8 Å². The molecule has 1 unspecified atom stereocenters. The van der Waals surface area contributed by atoms with E-state index in [-0.39, 0.29) is 23.9 Å². The van der Waals surface area contributed by atoms with Gasteiger partial charge in [-0.05, 0) is 48.4 Å². The third-order valence-electron chi connectivity index (χ3n) is 2.94. The van der Waals surface area contributed by atoms with Gasteiger partial charge in [-0.15, -0.1) is 12.4 Å². The number of pyridine rings is 1. The number of carbonyl (C=O) groups is 2. The van der Waals surface area contributed by atoms with Crippen molar-refractivity contribution >= 4 is 30.0 Å². The molecule has 1 amide bonds. The Hall–Kier alpha value is -2.44. The van der Waals surface area contributed by atoms with Crippen LogP contribution in [0.1, 0.15) is 15.9 Å². The van der Waals surface area contributed by atoms with Gasteiger partial charge in [0.1, 0.15) is 0 Å². The van der Waals surface area contributed by atoms with Crippen LogP contribution in [0.25, 0.3) is 0 Å². The molecule has 0 saturated carbocycles. The van der Waals surface area contributed by atoms with Gasteiger partial charge >= 0.3 is 5.97 Å². The Labute approximate surface area is 133 Å². The van der Waals surface area contributed by atoms with Crippen LogP contribution >= 0.6 is 12.4 Å². The van der Waals surface area contributed by atoms with Gasteiger partial charge in [0.2, 0.25) is 5.91 Å². The fourth-order valence-electron chi connectivity index (χ4n) is 1.80. The number of hydrogen-bond donors (Lipinski definition) is 3. The van der Waals surface area contributed by atoms with Crippen LogP contribution in [-0.4, -0.2) is 28.0 Å². The third-order valence-corrected chi connectivity index (χ3v) is 2.94. The van der Waals surface area contributed by atoms with E-state index in [0.717, 1.165) is 5.56 Å². The Morgan fingerprint density at radius 3 is 2.27 bits per heavy atom. The first-order valence-electron chi connectivity index (χ1n) is 6.35. The summed E-state index contributed by atoms with van der Waals surface area (Å²) >= 11 is 0. The largest absolute Gasteiger partial charge is 0.478 e. The van der Waals surface area contributed by atoms with E-state index in [1.165, 1.54) is 24.3 Å². The normalized spacial score (nSPS) is 11.1. The van der Waals surface area contributed by atoms with Crippen LogP contribution in [0.2, 0.25) is 0 Å². The average Bonchev–Trinajstić information content (AvgIpc) is 2.48. The van der Waals surface area contributed by atoms with Crippen molar-refractivity contribution in [1.29, 1.82) is 0 Å². The zero-order valence-corrected chi connectivity index (χ0v) is 12.4. The minimum absolute atomic E-state index is 0. The predicted octanol–water partition coefficient (Wildman–Crippen LogP) is 1.71. The van der Waals surface area contributed by atoms with Gasteiger partial charge in [0.25, 0.3) is 0 Å². The molecule has 2 rings (SSSR count). The molecule has 1 aromatic heterocycles. The fraction of sp³-hybridized carbons (Fsp3) is 0.133. The van der Waals surface area contributed by atoms with E-state index >= 15 is 0 Å². The highest BCUT2D eigenvalue weighted by Crippen LogP contribution is 2.10. The molecular weight excluding hydrogens is 306 g/mol. The van der Waals surface area contributed by atoms with E-state index < -0.39 is 12.0 Å². The van der Waals surface area contributed by atoms with Gasteiger partial charge in [-0.3, -0.25) is 9.78 Å². The molecule has 0 aliphatic rings. The van der Waals surface area contributed by atoms with E-state index in [0.29, 0.717) is 12.1 Å². The molecule has 0 radical (unpaired) electrons. The summed E-state index contributed by atoms with van der Waals surface area (Å²) < 4.78 is 0. The number of benzene rings is 1. The molecule has 1 aromatic carbocycles. The second-order valence-electron chi connectivity index (χ2n) is 4.54. The van der Waals surface area contributed by atoms with E-state index in [2.05, 4.69) is 10.3 Å². The van der Waals surface area contributed by atoms with E-state index in [4.69, 9.17) is 10.8 Å². The second-order valence-corrected chi connectivity index (χ2v) is 4.54. The summed E-state index contributed by atoms with van der Waals surface area (Å²) in [5.74, 6) is -1.34. The number of hydrogen-bond acceptors (Lipinski definition) is 4. The molecule has 0 aliphatic carbocycles. The smallest absolute Gasteiger partial charge is 0.335 e. The number of aromatic nitrogens is 1. The molecule has 0 bridgehead atoms. The summed E-state index contributed by atoms with van der Waals surface area (Å²) in [6.07, 6.45) is 3.69. The van der Waals surface area contributed by atoms with Crippen LogP contribution < -0.4 is 11.1 Å². The summed E-state index contributed by atoms with van der Waals surface area (Å²) in [6, 6.07) is 8.81. The Kier molecular flexibility index (Phi) is 6.49. The number of amides is 1. The van der Waals surface area contributed by atoms with Crippen molar-refractivity contribution in [3.05, 3.63) is 59.9 Å². The number of nitrogens with two attached hydrogens (primary N) is 1. The van der Waals surface area contributed by atoms with Gasteiger partial charge in [-0.2, -0.15) is 0 Å². The minimum atomic E-state index is -1.01. The number of carboxylic acids is 1. The van der Waals surface area contributed by atoms with Gasteiger partial charge in [-0.1, -0.05) is 0 Å². The first kappa shape index (κ1) is 17.6. The number of nitrogens with one attached hydrogen (secondary N) is 1. The van der Waals surface area contributed by atoms with Crippen molar-refractivity contribution < 1.29 is 14.7 Å². The molecule has 116 valence electrons. The topological polar surface area (TPSA) is 105 Å². The van der Waals surface area contributed by atoms with Gasteiger partial charge < -0.3 is 16.2 Å². The molecule has 1 heterocycles. The summed E-state index contributed by atoms with van der Waals surface area (Å²) in [5.41, 5.74) is 7.44. The number of rotatable bonds is 5. The molecule has 4 N–H and O–H groups in total. The van der Waals surface area contributed by atoms with Crippen LogP contribution in [-0.2, 0) is 11.2 Å². The third kappa shape index (κ3) is 4.83. The van der Waals surface area contributed by atoms with Crippen molar-refractivity contribution in [2.24, 2.45) is 5.73 Å². The van der Waals surface area contributed by atoms with Gasteiger partial charge in [-0.25, -0.2) is 4.79 Å². The summed E-state index contributed by atoms with van der Waals surface area (Å²) in [5, 5.41) is 11.5.